The number of rotatable bonds is 7. The van der Waals surface area contributed by atoms with Crippen molar-refractivity contribution in [2.24, 2.45) is 0 Å². The molecule has 0 aromatic heterocycles. The topological polar surface area (TPSA) is 99.0 Å². The number of halogens is 6. The van der Waals surface area contributed by atoms with E-state index in [1.54, 1.807) is 6.92 Å². The van der Waals surface area contributed by atoms with Gasteiger partial charge in [0.05, 0.1) is 13.0 Å². The quantitative estimate of drug-likeness (QED) is 0.392. The molecule has 0 aliphatic rings. The maximum Gasteiger partial charge on any atom is 0.466 e. The van der Waals surface area contributed by atoms with E-state index in [0.29, 0.717) is 0 Å². The maximum atomic E-state index is 12.5. The summed E-state index contributed by atoms with van der Waals surface area (Å²) in [6.45, 7) is 2.84. The molecule has 0 saturated heterocycles. The van der Waals surface area contributed by atoms with Crippen molar-refractivity contribution in [1.82, 2.24) is 5.32 Å². The Bertz CT molecular complexity index is 391. The van der Waals surface area contributed by atoms with E-state index < -0.39 is 51.0 Å². The third-order valence-electron chi connectivity index (χ3n) is 2.56. The van der Waals surface area contributed by atoms with Crippen LogP contribution in [0.3, 0.4) is 0 Å². The summed E-state index contributed by atoms with van der Waals surface area (Å²) >= 11 is 0. The molecule has 0 aliphatic carbocycles. The van der Waals surface area contributed by atoms with E-state index in [2.05, 4.69) is 5.32 Å². The van der Waals surface area contributed by atoms with E-state index >= 15 is 0 Å². The fourth-order valence-corrected chi connectivity index (χ4v) is 1.96. The average Bonchev–Trinajstić information content (AvgIpc) is 2.20. The number of hydrogen-bond acceptors (Lipinski definition) is 3. The fourth-order valence-electron chi connectivity index (χ4n) is 1.96. The maximum absolute atomic E-state index is 12.5. The van der Waals surface area contributed by atoms with E-state index in [4.69, 9.17) is 24.0 Å². The standard InChI is InChI=1S/C11H19F6NO.H3O4P/c1-8(6-19-3)18-9(2,7-11(15,16)17)4-5-10(12,13)14;1-5(2,3)4/h8,18H,4-7H2,1-3H3;(H3,1,2,3,4). The highest BCUT2D eigenvalue weighted by Gasteiger charge is 2.42. The Morgan fingerprint density at radius 3 is 1.75 bits per heavy atom. The van der Waals surface area contributed by atoms with Crippen LogP contribution in [0.2, 0.25) is 0 Å². The molecule has 13 heteroatoms. The van der Waals surface area contributed by atoms with Crippen LogP contribution in [0.4, 0.5) is 26.3 Å². The first kappa shape index (κ1) is 25.8. The van der Waals surface area contributed by atoms with E-state index in [9.17, 15) is 26.3 Å². The minimum Gasteiger partial charge on any atom is -0.383 e. The van der Waals surface area contributed by atoms with Gasteiger partial charge in [-0.1, -0.05) is 0 Å². The SMILES string of the molecule is COCC(C)NC(C)(CCC(F)(F)F)CC(F)(F)F.O=P(O)(O)O. The summed E-state index contributed by atoms with van der Waals surface area (Å²) in [6, 6.07) is -0.467. The third kappa shape index (κ3) is 21.6. The number of phosphoric acid groups is 1. The Hall–Kier alpha value is -0.390. The lowest BCUT2D eigenvalue weighted by Crippen LogP contribution is -2.51. The van der Waals surface area contributed by atoms with Gasteiger partial charge in [0.25, 0.3) is 0 Å². The molecule has 0 rings (SSSR count). The molecule has 24 heavy (non-hydrogen) atoms. The minimum absolute atomic E-state index is 0.124. The highest BCUT2D eigenvalue weighted by atomic mass is 31.2. The minimum atomic E-state index is -4.64. The third-order valence-corrected chi connectivity index (χ3v) is 2.56. The lowest BCUT2D eigenvalue weighted by Gasteiger charge is -2.35. The monoisotopic (exact) mass is 393 g/mol. The molecule has 2 atom stereocenters. The number of ether oxygens (including phenoxy) is 1. The van der Waals surface area contributed by atoms with Crippen LogP contribution < -0.4 is 5.32 Å². The lowest BCUT2D eigenvalue weighted by molar-refractivity contribution is -0.162. The van der Waals surface area contributed by atoms with Crippen molar-refractivity contribution in [1.29, 1.82) is 0 Å². The molecule has 0 saturated carbocycles. The second-order valence-corrected chi connectivity index (χ2v) is 6.51. The predicted molar refractivity (Wildman–Crippen MR) is 73.1 cm³/mol. The van der Waals surface area contributed by atoms with Crippen LogP contribution in [0.25, 0.3) is 0 Å². The van der Waals surface area contributed by atoms with Crippen LogP contribution in [0.5, 0.6) is 0 Å². The molecule has 0 amide bonds. The molecule has 0 aromatic carbocycles. The Labute approximate surface area is 135 Å². The van der Waals surface area contributed by atoms with E-state index in [0.717, 1.165) is 6.92 Å². The summed E-state index contributed by atoms with van der Waals surface area (Å²) in [5.74, 6) is 0. The van der Waals surface area contributed by atoms with Crippen LogP contribution in [0.15, 0.2) is 0 Å². The lowest BCUT2D eigenvalue weighted by atomic mass is 9.90. The van der Waals surface area contributed by atoms with Gasteiger partial charge in [0, 0.05) is 25.1 Å². The highest BCUT2D eigenvalue weighted by molar-refractivity contribution is 7.45. The van der Waals surface area contributed by atoms with Crippen LogP contribution in [0, 0.1) is 0 Å². The van der Waals surface area contributed by atoms with Crippen molar-refractivity contribution in [3.63, 3.8) is 0 Å². The predicted octanol–water partition coefficient (Wildman–Crippen LogP) is 2.74. The van der Waals surface area contributed by atoms with Gasteiger partial charge in [0.1, 0.15) is 0 Å². The van der Waals surface area contributed by atoms with Gasteiger partial charge in [-0.05, 0) is 20.3 Å². The first-order valence-corrected chi connectivity index (χ1v) is 8.12. The number of nitrogens with one attached hydrogen (secondary N) is 1. The molecule has 0 fully saturated rings. The second kappa shape index (κ2) is 9.93. The van der Waals surface area contributed by atoms with Crippen LogP contribution in [0.1, 0.15) is 33.1 Å². The molecule has 0 bridgehead atoms. The zero-order chi connectivity index (χ0) is 19.8. The van der Waals surface area contributed by atoms with E-state index in [-0.39, 0.29) is 6.61 Å². The van der Waals surface area contributed by atoms with Crippen molar-refractivity contribution >= 4 is 7.82 Å². The first-order valence-electron chi connectivity index (χ1n) is 6.55. The normalized spacial score (nSPS) is 16.8. The summed E-state index contributed by atoms with van der Waals surface area (Å²) < 4.78 is 87.5. The molecule has 0 aliphatic heterocycles. The summed E-state index contributed by atoms with van der Waals surface area (Å²) in [5.41, 5.74) is -1.66. The molecular weight excluding hydrogens is 371 g/mol. The zero-order valence-corrected chi connectivity index (χ0v) is 14.2. The van der Waals surface area contributed by atoms with Gasteiger partial charge < -0.3 is 24.7 Å². The summed E-state index contributed by atoms with van der Waals surface area (Å²) in [7, 11) is -3.27. The van der Waals surface area contributed by atoms with Crippen molar-refractivity contribution in [2.75, 3.05) is 13.7 Å². The van der Waals surface area contributed by atoms with Crippen LogP contribution >= 0.6 is 7.82 Å². The zero-order valence-electron chi connectivity index (χ0n) is 13.3. The Balaban J connectivity index is 0. The summed E-state index contributed by atoms with van der Waals surface area (Å²) in [4.78, 5) is 21.6. The van der Waals surface area contributed by atoms with Crippen LogP contribution in [-0.2, 0) is 9.30 Å². The van der Waals surface area contributed by atoms with Gasteiger partial charge in [0.15, 0.2) is 0 Å². The molecule has 6 nitrogen and oxygen atoms in total. The van der Waals surface area contributed by atoms with E-state index in [1.165, 1.54) is 7.11 Å². The number of alkyl halides is 6. The molecule has 0 radical (unpaired) electrons. The molecular formula is C11H22F6NO5P. The number of hydrogen-bond donors (Lipinski definition) is 4. The van der Waals surface area contributed by atoms with Gasteiger partial charge in [0.2, 0.25) is 0 Å². The van der Waals surface area contributed by atoms with Gasteiger partial charge in [-0.3, -0.25) is 0 Å². The summed E-state index contributed by atoms with van der Waals surface area (Å²) in [5, 5.41) is 2.58. The van der Waals surface area contributed by atoms with Crippen molar-refractivity contribution in [3.05, 3.63) is 0 Å². The van der Waals surface area contributed by atoms with Gasteiger partial charge in [-0.15, -0.1) is 0 Å². The molecule has 2 unspecified atom stereocenters. The van der Waals surface area contributed by atoms with Gasteiger partial charge in [-0.2, -0.15) is 26.3 Å². The molecule has 148 valence electrons. The number of methoxy groups -OCH3 is 1. The largest absolute Gasteiger partial charge is 0.466 e. The Morgan fingerprint density at radius 2 is 1.46 bits per heavy atom. The van der Waals surface area contributed by atoms with Crippen molar-refractivity contribution in [2.45, 2.75) is 57.0 Å². The molecule has 0 spiro atoms. The molecule has 0 heterocycles. The highest BCUT2D eigenvalue weighted by Crippen LogP contribution is 2.34. The van der Waals surface area contributed by atoms with Crippen molar-refractivity contribution < 1.29 is 50.3 Å². The second-order valence-electron chi connectivity index (χ2n) is 5.48. The Morgan fingerprint density at radius 1 is 1.04 bits per heavy atom. The van der Waals surface area contributed by atoms with Crippen molar-refractivity contribution in [3.8, 4) is 0 Å². The van der Waals surface area contributed by atoms with Crippen LogP contribution in [-0.4, -0.2) is 52.3 Å². The van der Waals surface area contributed by atoms with Gasteiger partial charge in [-0.25, -0.2) is 4.57 Å². The van der Waals surface area contributed by atoms with E-state index in [1.807, 2.05) is 0 Å². The van der Waals surface area contributed by atoms with Gasteiger partial charge >= 0.3 is 20.2 Å². The summed E-state index contributed by atoms with van der Waals surface area (Å²) in [6.07, 6.45) is -12.2. The fraction of sp³-hybridized carbons (Fsp3) is 1.00. The average molecular weight is 393 g/mol. The Kier molecular flexibility index (Phi) is 10.7. The smallest absolute Gasteiger partial charge is 0.383 e. The molecule has 0 aromatic rings. The molecule has 4 N–H and O–H groups in total. The first-order chi connectivity index (χ1) is 10.4.